The van der Waals surface area contributed by atoms with Crippen LogP contribution in [0.3, 0.4) is 0 Å². The highest BCUT2D eigenvalue weighted by atomic mass is 35.5. The van der Waals surface area contributed by atoms with Gasteiger partial charge in [0.2, 0.25) is 4.77 Å². The first kappa shape index (κ1) is 19.1. The van der Waals surface area contributed by atoms with Crippen molar-refractivity contribution in [1.29, 1.82) is 0 Å². The van der Waals surface area contributed by atoms with Crippen LogP contribution in [0, 0.1) is 4.77 Å². The Morgan fingerprint density at radius 3 is 2.76 bits per heavy atom. The van der Waals surface area contributed by atoms with Gasteiger partial charge < -0.3 is 9.84 Å². The molecule has 0 amide bonds. The standard InChI is InChI=1S/C16H19ClN4O3S/c1-5-24-11-7-9(6-10(17)12(11)22)8-18-21-14(23)13(16(2,3)4)19-20-15(21)25/h6-8,22H,5H2,1-4H3,(H,20,25)/b18-8-. The van der Waals surface area contributed by atoms with E-state index in [9.17, 15) is 9.90 Å². The first-order valence-corrected chi connectivity index (χ1v) is 8.35. The van der Waals surface area contributed by atoms with Crippen molar-refractivity contribution in [2.75, 3.05) is 6.61 Å². The van der Waals surface area contributed by atoms with Crippen LogP contribution in [-0.4, -0.2) is 32.8 Å². The molecule has 1 aromatic carbocycles. The normalized spacial score (nSPS) is 11.9. The molecule has 9 heteroatoms. The van der Waals surface area contributed by atoms with Crippen LogP contribution in [0.4, 0.5) is 0 Å². The highest BCUT2D eigenvalue weighted by molar-refractivity contribution is 7.71. The summed E-state index contributed by atoms with van der Waals surface area (Å²) in [6, 6.07) is 3.07. The number of halogens is 1. The highest BCUT2D eigenvalue weighted by Crippen LogP contribution is 2.34. The first-order valence-electron chi connectivity index (χ1n) is 7.57. The maximum atomic E-state index is 12.6. The lowest BCUT2D eigenvalue weighted by molar-refractivity contribution is 0.318. The SMILES string of the molecule is CCOc1cc(/C=N\n2c(=S)[nH]nc(C(C)(C)C)c2=O)cc(Cl)c1O. The van der Waals surface area contributed by atoms with Gasteiger partial charge in [0, 0.05) is 5.41 Å². The van der Waals surface area contributed by atoms with Crippen LogP contribution in [-0.2, 0) is 5.41 Å². The number of rotatable bonds is 4. The number of aromatic amines is 1. The van der Waals surface area contributed by atoms with E-state index in [1.54, 1.807) is 13.0 Å². The third-order valence-electron chi connectivity index (χ3n) is 3.23. The monoisotopic (exact) mass is 382 g/mol. The summed E-state index contributed by atoms with van der Waals surface area (Å²) in [5, 5.41) is 20.8. The molecule has 0 spiro atoms. The molecule has 134 valence electrons. The second-order valence-electron chi connectivity index (χ2n) is 6.27. The van der Waals surface area contributed by atoms with Gasteiger partial charge in [-0.2, -0.15) is 14.9 Å². The van der Waals surface area contributed by atoms with Crippen molar-refractivity contribution < 1.29 is 9.84 Å². The predicted molar refractivity (Wildman–Crippen MR) is 99.7 cm³/mol. The maximum Gasteiger partial charge on any atom is 0.297 e. The predicted octanol–water partition coefficient (Wildman–Crippen LogP) is 3.24. The van der Waals surface area contributed by atoms with Gasteiger partial charge in [0.25, 0.3) is 5.56 Å². The molecular weight excluding hydrogens is 364 g/mol. The number of phenolic OH excluding ortho intramolecular Hbond substituents is 1. The van der Waals surface area contributed by atoms with Gasteiger partial charge in [0.15, 0.2) is 11.5 Å². The average molecular weight is 383 g/mol. The number of benzene rings is 1. The Balaban J connectivity index is 2.51. The van der Waals surface area contributed by atoms with E-state index in [0.717, 1.165) is 4.68 Å². The number of hydrogen-bond donors (Lipinski definition) is 2. The molecule has 1 aromatic heterocycles. The van der Waals surface area contributed by atoms with Crippen molar-refractivity contribution in [3.05, 3.63) is 43.5 Å². The summed E-state index contributed by atoms with van der Waals surface area (Å²) in [6.07, 6.45) is 1.41. The topological polar surface area (TPSA) is 92.5 Å². The van der Waals surface area contributed by atoms with Crippen LogP contribution in [0.2, 0.25) is 5.02 Å². The minimum Gasteiger partial charge on any atom is -0.503 e. The van der Waals surface area contributed by atoms with Gasteiger partial charge in [-0.3, -0.25) is 9.89 Å². The Labute approximate surface area is 154 Å². The Hall–Kier alpha value is -2.19. The van der Waals surface area contributed by atoms with E-state index in [2.05, 4.69) is 15.3 Å². The molecule has 0 fully saturated rings. The third kappa shape index (κ3) is 4.26. The van der Waals surface area contributed by atoms with E-state index in [1.807, 2.05) is 20.8 Å². The van der Waals surface area contributed by atoms with E-state index < -0.39 is 11.0 Å². The summed E-state index contributed by atoms with van der Waals surface area (Å²) in [6.45, 7) is 7.77. The fourth-order valence-electron chi connectivity index (χ4n) is 2.04. The molecule has 0 aliphatic heterocycles. The Bertz CT molecular complexity index is 928. The van der Waals surface area contributed by atoms with Gasteiger partial charge in [-0.25, -0.2) is 0 Å². The van der Waals surface area contributed by atoms with Crippen molar-refractivity contribution >= 4 is 30.0 Å². The van der Waals surface area contributed by atoms with Crippen molar-refractivity contribution in [1.82, 2.24) is 14.9 Å². The second-order valence-corrected chi connectivity index (χ2v) is 7.07. The molecule has 0 aliphatic rings. The average Bonchev–Trinajstić information content (AvgIpc) is 2.50. The van der Waals surface area contributed by atoms with Gasteiger partial charge in [-0.05, 0) is 36.8 Å². The lowest BCUT2D eigenvalue weighted by Crippen LogP contribution is -2.32. The summed E-state index contributed by atoms with van der Waals surface area (Å²) in [7, 11) is 0. The minimum atomic E-state index is -0.460. The number of ether oxygens (including phenoxy) is 1. The van der Waals surface area contributed by atoms with Crippen LogP contribution in [0.5, 0.6) is 11.5 Å². The smallest absolute Gasteiger partial charge is 0.297 e. The largest absolute Gasteiger partial charge is 0.503 e. The minimum absolute atomic E-state index is 0.0733. The Morgan fingerprint density at radius 1 is 1.48 bits per heavy atom. The van der Waals surface area contributed by atoms with Gasteiger partial charge in [0.05, 0.1) is 17.8 Å². The van der Waals surface area contributed by atoms with E-state index in [-0.39, 0.29) is 21.3 Å². The van der Waals surface area contributed by atoms with Gasteiger partial charge in [-0.15, -0.1) is 0 Å². The summed E-state index contributed by atoms with van der Waals surface area (Å²) in [5.41, 5.74) is -0.00112. The molecule has 2 N–H and O–H groups in total. The van der Waals surface area contributed by atoms with Crippen LogP contribution < -0.4 is 10.3 Å². The lowest BCUT2D eigenvalue weighted by Gasteiger charge is -2.16. The number of nitrogens with one attached hydrogen (secondary N) is 1. The van der Waals surface area contributed by atoms with Crippen molar-refractivity contribution in [3.63, 3.8) is 0 Å². The van der Waals surface area contributed by atoms with Crippen LogP contribution in [0.15, 0.2) is 22.0 Å². The van der Waals surface area contributed by atoms with E-state index in [0.29, 0.717) is 17.9 Å². The number of H-pyrrole nitrogens is 1. The fraction of sp³-hybridized carbons (Fsp3) is 0.375. The Morgan fingerprint density at radius 2 is 2.16 bits per heavy atom. The second kappa shape index (κ2) is 7.37. The van der Waals surface area contributed by atoms with Crippen molar-refractivity contribution in [2.45, 2.75) is 33.1 Å². The summed E-state index contributed by atoms with van der Waals surface area (Å²) in [5.74, 6) is 0.0909. The molecule has 2 rings (SSSR count). The Kier molecular flexibility index (Phi) is 5.64. The van der Waals surface area contributed by atoms with Crippen LogP contribution in [0.25, 0.3) is 0 Å². The number of aromatic nitrogens is 3. The molecule has 0 bridgehead atoms. The zero-order valence-electron chi connectivity index (χ0n) is 14.3. The summed E-state index contributed by atoms with van der Waals surface area (Å²) < 4.78 is 6.45. The molecule has 0 atom stereocenters. The zero-order valence-corrected chi connectivity index (χ0v) is 15.9. The number of nitrogens with zero attached hydrogens (tertiary/aromatic N) is 3. The molecule has 0 saturated heterocycles. The molecule has 1 heterocycles. The van der Waals surface area contributed by atoms with Gasteiger partial charge >= 0.3 is 0 Å². The number of hydrogen-bond acceptors (Lipinski definition) is 6. The number of phenols is 1. The summed E-state index contributed by atoms with van der Waals surface area (Å²) >= 11 is 11.1. The van der Waals surface area contributed by atoms with Crippen molar-refractivity contribution in [2.24, 2.45) is 5.10 Å². The molecule has 2 aromatic rings. The third-order valence-corrected chi connectivity index (χ3v) is 3.79. The van der Waals surface area contributed by atoms with Crippen molar-refractivity contribution in [3.8, 4) is 11.5 Å². The molecule has 25 heavy (non-hydrogen) atoms. The molecule has 7 nitrogen and oxygen atoms in total. The first-order chi connectivity index (χ1) is 11.6. The van der Waals surface area contributed by atoms with Gasteiger partial charge in [-0.1, -0.05) is 32.4 Å². The molecule has 0 saturated carbocycles. The van der Waals surface area contributed by atoms with E-state index in [1.165, 1.54) is 12.3 Å². The number of aromatic hydroxyl groups is 1. The zero-order chi connectivity index (χ0) is 18.8. The molecular formula is C16H19ClN4O3S. The van der Waals surface area contributed by atoms with E-state index >= 15 is 0 Å². The molecule has 0 aliphatic carbocycles. The maximum absolute atomic E-state index is 12.6. The quantitative estimate of drug-likeness (QED) is 0.625. The molecule has 0 unspecified atom stereocenters. The van der Waals surface area contributed by atoms with Crippen LogP contribution in [0.1, 0.15) is 39.0 Å². The molecule has 0 radical (unpaired) electrons. The van der Waals surface area contributed by atoms with Crippen LogP contribution >= 0.6 is 23.8 Å². The van der Waals surface area contributed by atoms with E-state index in [4.69, 9.17) is 28.6 Å². The fourth-order valence-corrected chi connectivity index (χ4v) is 2.44. The van der Waals surface area contributed by atoms with Gasteiger partial charge in [0.1, 0.15) is 5.69 Å². The highest BCUT2D eigenvalue weighted by Gasteiger charge is 2.21. The summed E-state index contributed by atoms with van der Waals surface area (Å²) in [4.78, 5) is 12.6. The lowest BCUT2D eigenvalue weighted by atomic mass is 9.93.